The van der Waals surface area contributed by atoms with Crippen LogP contribution in [-0.2, 0) is 31.2 Å². The molecule has 2 aromatic heterocycles. The second kappa shape index (κ2) is 10.5. The van der Waals surface area contributed by atoms with E-state index in [1.165, 1.54) is 28.0 Å². The van der Waals surface area contributed by atoms with Gasteiger partial charge >= 0.3 is 0 Å². The number of anilines is 1. The molecule has 33 heavy (non-hydrogen) atoms. The first kappa shape index (κ1) is 23.5. The average molecular weight is 545 g/mol. The molecule has 1 aliphatic rings. The number of halogens is 1. The number of carbonyl (C=O) groups excluding carboxylic acids is 2. The highest BCUT2D eigenvalue weighted by Gasteiger charge is 2.22. The van der Waals surface area contributed by atoms with E-state index in [1.54, 1.807) is 23.7 Å². The molecule has 0 bridgehead atoms. The number of amides is 2. The van der Waals surface area contributed by atoms with Crippen molar-refractivity contribution in [1.82, 2.24) is 20.1 Å². The highest BCUT2D eigenvalue weighted by atomic mass is 79.9. The van der Waals surface area contributed by atoms with Crippen LogP contribution in [0.4, 0.5) is 5.00 Å². The number of nitriles is 1. The quantitative estimate of drug-likeness (QED) is 0.434. The smallest absolute Gasteiger partial charge is 0.252 e. The second-order valence-corrected chi connectivity index (χ2v) is 10.4. The molecule has 11 heteroatoms. The van der Waals surface area contributed by atoms with Gasteiger partial charge in [-0.1, -0.05) is 23.9 Å². The van der Waals surface area contributed by atoms with Gasteiger partial charge in [-0.25, -0.2) is 0 Å². The Kier molecular flexibility index (Phi) is 7.47. The summed E-state index contributed by atoms with van der Waals surface area (Å²) in [6.45, 7) is 0.211. The van der Waals surface area contributed by atoms with E-state index < -0.39 is 0 Å². The van der Waals surface area contributed by atoms with Gasteiger partial charge in [-0.2, -0.15) is 5.26 Å². The number of thiophene rings is 1. The van der Waals surface area contributed by atoms with Crippen molar-refractivity contribution in [3.8, 4) is 6.07 Å². The third-order valence-corrected chi connectivity index (χ3v) is 8.24. The lowest BCUT2D eigenvalue weighted by Gasteiger charge is -2.09. The molecule has 2 heterocycles. The van der Waals surface area contributed by atoms with Crippen LogP contribution in [0.25, 0.3) is 0 Å². The second-order valence-electron chi connectivity index (χ2n) is 7.48. The fourth-order valence-corrected chi connectivity index (χ4v) is 6.04. The van der Waals surface area contributed by atoms with Crippen LogP contribution in [0.1, 0.15) is 45.0 Å². The van der Waals surface area contributed by atoms with Crippen molar-refractivity contribution in [3.63, 3.8) is 0 Å². The monoisotopic (exact) mass is 544 g/mol. The molecule has 0 radical (unpaired) electrons. The first-order valence-corrected chi connectivity index (χ1v) is 13.0. The van der Waals surface area contributed by atoms with Crippen molar-refractivity contribution in [2.75, 3.05) is 11.1 Å². The molecule has 3 aromatic rings. The molecule has 0 saturated carbocycles. The Morgan fingerprint density at radius 1 is 1.27 bits per heavy atom. The summed E-state index contributed by atoms with van der Waals surface area (Å²) >= 11 is 6.14. The number of aromatic nitrogens is 3. The van der Waals surface area contributed by atoms with E-state index in [0.717, 1.165) is 31.2 Å². The number of nitrogens with zero attached hydrogens (tertiary/aromatic N) is 4. The van der Waals surface area contributed by atoms with E-state index in [2.05, 4.69) is 42.8 Å². The normalized spacial score (nSPS) is 12.6. The topological polar surface area (TPSA) is 113 Å². The first-order chi connectivity index (χ1) is 16.0. The summed E-state index contributed by atoms with van der Waals surface area (Å²) in [4.78, 5) is 26.1. The fraction of sp³-hybridized carbons (Fsp3) is 0.318. The van der Waals surface area contributed by atoms with Crippen molar-refractivity contribution in [3.05, 3.63) is 56.1 Å². The van der Waals surface area contributed by atoms with Gasteiger partial charge in [0.15, 0.2) is 11.0 Å². The molecule has 8 nitrogen and oxygen atoms in total. The van der Waals surface area contributed by atoms with Crippen molar-refractivity contribution >= 4 is 55.8 Å². The number of nitrogens with one attached hydrogen (secondary N) is 2. The number of benzene rings is 1. The van der Waals surface area contributed by atoms with Crippen LogP contribution < -0.4 is 10.6 Å². The Bertz CT molecular complexity index is 1250. The molecule has 170 valence electrons. The molecule has 0 fully saturated rings. The molecular formula is C22H21BrN6O2S2. The third kappa shape index (κ3) is 5.29. The number of rotatable bonds is 7. The van der Waals surface area contributed by atoms with E-state index in [-0.39, 0.29) is 24.1 Å². The summed E-state index contributed by atoms with van der Waals surface area (Å²) in [7, 11) is 1.79. The van der Waals surface area contributed by atoms with Crippen LogP contribution in [0.15, 0.2) is 33.9 Å². The zero-order valence-corrected chi connectivity index (χ0v) is 21.1. The molecule has 0 saturated heterocycles. The highest BCUT2D eigenvalue weighted by Crippen LogP contribution is 2.37. The number of carbonyl (C=O) groups is 2. The lowest BCUT2D eigenvalue weighted by molar-refractivity contribution is -0.113. The number of thioether (sulfide) groups is 1. The molecular weight excluding hydrogens is 524 g/mol. The maximum Gasteiger partial charge on any atom is 0.252 e. The molecule has 0 spiro atoms. The highest BCUT2D eigenvalue weighted by molar-refractivity contribution is 9.10. The van der Waals surface area contributed by atoms with Gasteiger partial charge in [-0.15, -0.1) is 21.5 Å². The zero-order chi connectivity index (χ0) is 23.4. The van der Waals surface area contributed by atoms with Gasteiger partial charge in [-0.05, 0) is 59.3 Å². The Balaban J connectivity index is 1.33. The van der Waals surface area contributed by atoms with Crippen molar-refractivity contribution in [2.45, 2.75) is 37.4 Å². The van der Waals surface area contributed by atoms with E-state index in [1.807, 2.05) is 12.1 Å². The maximum absolute atomic E-state index is 12.5. The predicted octanol–water partition coefficient (Wildman–Crippen LogP) is 4.05. The molecule has 2 amide bonds. The van der Waals surface area contributed by atoms with Crippen LogP contribution in [0.5, 0.6) is 0 Å². The predicted molar refractivity (Wildman–Crippen MR) is 131 cm³/mol. The van der Waals surface area contributed by atoms with Crippen molar-refractivity contribution in [2.24, 2.45) is 7.05 Å². The van der Waals surface area contributed by atoms with Crippen LogP contribution in [0, 0.1) is 11.3 Å². The lowest BCUT2D eigenvalue weighted by Crippen LogP contribution is -2.24. The van der Waals surface area contributed by atoms with Crippen molar-refractivity contribution in [1.29, 1.82) is 5.26 Å². The van der Waals surface area contributed by atoms with Gasteiger partial charge in [0, 0.05) is 16.4 Å². The van der Waals surface area contributed by atoms with Gasteiger partial charge in [-0.3, -0.25) is 9.59 Å². The minimum absolute atomic E-state index is 0.142. The Morgan fingerprint density at radius 3 is 2.85 bits per heavy atom. The molecule has 1 aliphatic carbocycles. The van der Waals surface area contributed by atoms with Gasteiger partial charge in [0.05, 0.1) is 23.4 Å². The minimum atomic E-state index is -0.217. The van der Waals surface area contributed by atoms with Gasteiger partial charge in [0.25, 0.3) is 5.91 Å². The van der Waals surface area contributed by atoms with Gasteiger partial charge < -0.3 is 15.2 Å². The summed E-state index contributed by atoms with van der Waals surface area (Å²) in [5.74, 6) is 0.312. The molecule has 0 atom stereocenters. The Hall–Kier alpha value is -2.68. The zero-order valence-electron chi connectivity index (χ0n) is 17.9. The van der Waals surface area contributed by atoms with Crippen LogP contribution in [0.3, 0.4) is 0 Å². The number of hydrogen-bond acceptors (Lipinski definition) is 7. The summed E-state index contributed by atoms with van der Waals surface area (Å²) in [6.07, 6.45) is 4.08. The van der Waals surface area contributed by atoms with Gasteiger partial charge in [0.2, 0.25) is 5.91 Å². The maximum atomic E-state index is 12.5. The molecule has 0 aliphatic heterocycles. The van der Waals surface area contributed by atoms with Crippen LogP contribution >= 0.6 is 39.0 Å². The standard InChI is InChI=1S/C22H21BrN6O2S2/c1-29-18(11-25-20(31)14-7-2-4-8-16(14)23)27-28-22(29)32-12-19(30)26-21-15(10-24)13-6-3-5-9-17(13)33-21/h2,4,7-8H,3,5-6,9,11-12H2,1H3,(H,25,31)(H,26,30). The minimum Gasteiger partial charge on any atom is -0.345 e. The molecule has 0 unspecified atom stereocenters. The Labute approximate surface area is 207 Å². The van der Waals surface area contributed by atoms with Crippen molar-refractivity contribution < 1.29 is 9.59 Å². The summed E-state index contributed by atoms with van der Waals surface area (Å²) in [5, 5.41) is 24.8. The number of fused-ring (bicyclic) bond motifs is 1. The number of aryl methyl sites for hydroxylation is 1. The largest absolute Gasteiger partial charge is 0.345 e. The molecule has 2 N–H and O–H groups in total. The third-order valence-electron chi connectivity index (χ3n) is 5.32. The van der Waals surface area contributed by atoms with E-state index >= 15 is 0 Å². The first-order valence-electron chi connectivity index (χ1n) is 10.4. The molecule has 1 aromatic carbocycles. The average Bonchev–Trinajstić information content (AvgIpc) is 3.35. The van der Waals surface area contributed by atoms with E-state index in [0.29, 0.717) is 31.6 Å². The van der Waals surface area contributed by atoms with Gasteiger partial charge in [0.1, 0.15) is 11.1 Å². The van der Waals surface area contributed by atoms with E-state index in [9.17, 15) is 14.9 Å². The summed E-state index contributed by atoms with van der Waals surface area (Å²) in [5.41, 5.74) is 2.24. The van der Waals surface area contributed by atoms with Crippen LogP contribution in [-0.4, -0.2) is 32.3 Å². The lowest BCUT2D eigenvalue weighted by atomic mass is 9.96. The summed E-state index contributed by atoms with van der Waals surface area (Å²) < 4.78 is 2.47. The SMILES string of the molecule is Cn1c(CNC(=O)c2ccccc2Br)nnc1SCC(=O)Nc1sc2c(c1C#N)CCCC2. The summed E-state index contributed by atoms with van der Waals surface area (Å²) in [6, 6.07) is 9.44. The Morgan fingerprint density at radius 2 is 2.06 bits per heavy atom. The number of hydrogen-bond donors (Lipinski definition) is 2. The molecule has 4 rings (SSSR count). The van der Waals surface area contributed by atoms with E-state index in [4.69, 9.17) is 0 Å². The van der Waals surface area contributed by atoms with Crippen LogP contribution in [0.2, 0.25) is 0 Å². The fourth-order valence-electron chi connectivity index (χ4n) is 3.59.